The molecule has 0 aromatic carbocycles. The van der Waals surface area contributed by atoms with E-state index < -0.39 is 5.54 Å². The van der Waals surface area contributed by atoms with Gasteiger partial charge in [-0.1, -0.05) is 11.6 Å². The SMILES string of the molecule is NC1(C(=O)NC2CCC(Nc3cc(NC4CC4)c4ncc(C(=O)Nc5ccnc(Cl)c5)n4n3)CC2)CC1. The second-order valence-corrected chi connectivity index (χ2v) is 10.8. The Bertz CT molecular complexity index is 1340. The summed E-state index contributed by atoms with van der Waals surface area (Å²) in [6, 6.07) is 5.98. The normalized spacial score (nSPS) is 22.3. The van der Waals surface area contributed by atoms with Crippen LogP contribution in [0.5, 0.6) is 0 Å². The molecule has 3 fully saturated rings. The Morgan fingerprint density at radius 2 is 1.70 bits per heavy atom. The summed E-state index contributed by atoms with van der Waals surface area (Å²) in [7, 11) is 0. The Hall–Kier alpha value is -3.44. The molecule has 6 rings (SSSR count). The van der Waals surface area contributed by atoms with E-state index in [1.54, 1.807) is 16.6 Å². The van der Waals surface area contributed by atoms with Gasteiger partial charge in [0.25, 0.3) is 5.91 Å². The molecule has 6 N–H and O–H groups in total. The van der Waals surface area contributed by atoms with Gasteiger partial charge in [0.1, 0.15) is 11.0 Å². The second-order valence-electron chi connectivity index (χ2n) is 10.4. The molecule has 0 radical (unpaired) electrons. The first-order valence-electron chi connectivity index (χ1n) is 12.8. The number of halogens is 1. The molecule has 12 heteroatoms. The largest absolute Gasteiger partial charge is 0.379 e. The van der Waals surface area contributed by atoms with E-state index in [2.05, 4.69) is 31.2 Å². The fraction of sp³-hybridized carbons (Fsp3) is 0.480. The van der Waals surface area contributed by atoms with Crippen molar-refractivity contribution in [1.29, 1.82) is 0 Å². The second kappa shape index (κ2) is 9.46. The van der Waals surface area contributed by atoms with Gasteiger partial charge in [-0.3, -0.25) is 9.59 Å². The van der Waals surface area contributed by atoms with E-state index in [0.29, 0.717) is 34.0 Å². The van der Waals surface area contributed by atoms with Crippen LogP contribution in [-0.2, 0) is 4.79 Å². The summed E-state index contributed by atoms with van der Waals surface area (Å²) in [4.78, 5) is 33.8. The summed E-state index contributed by atoms with van der Waals surface area (Å²) < 4.78 is 1.58. The van der Waals surface area contributed by atoms with Crippen LogP contribution in [0.2, 0.25) is 5.15 Å². The molecule has 0 bridgehead atoms. The van der Waals surface area contributed by atoms with E-state index in [9.17, 15) is 9.59 Å². The van der Waals surface area contributed by atoms with E-state index in [1.807, 2.05) is 6.07 Å². The van der Waals surface area contributed by atoms with Crippen molar-refractivity contribution in [3.05, 3.63) is 41.4 Å². The van der Waals surface area contributed by atoms with Crippen LogP contribution in [0.1, 0.15) is 61.9 Å². The average molecular weight is 524 g/mol. The van der Waals surface area contributed by atoms with E-state index in [0.717, 1.165) is 57.1 Å². The lowest BCUT2D eigenvalue weighted by molar-refractivity contribution is -0.124. The number of pyridine rings is 1. The maximum Gasteiger partial charge on any atom is 0.276 e. The molecular weight excluding hydrogens is 494 g/mol. The fourth-order valence-electron chi connectivity index (χ4n) is 4.71. The van der Waals surface area contributed by atoms with Gasteiger partial charge in [0.15, 0.2) is 11.3 Å². The number of carbonyl (C=O) groups is 2. The van der Waals surface area contributed by atoms with E-state index in [1.165, 1.54) is 12.4 Å². The van der Waals surface area contributed by atoms with Crippen molar-refractivity contribution < 1.29 is 9.59 Å². The Morgan fingerprint density at radius 3 is 2.41 bits per heavy atom. The highest BCUT2D eigenvalue weighted by molar-refractivity contribution is 6.29. The third kappa shape index (κ3) is 5.33. The average Bonchev–Trinajstić information content (AvgIpc) is 3.79. The predicted octanol–water partition coefficient (Wildman–Crippen LogP) is 2.93. The van der Waals surface area contributed by atoms with Crippen LogP contribution < -0.4 is 27.0 Å². The van der Waals surface area contributed by atoms with Crippen molar-refractivity contribution in [3.8, 4) is 0 Å². The lowest BCUT2D eigenvalue weighted by atomic mass is 9.91. The zero-order chi connectivity index (χ0) is 25.6. The standard InChI is InChI=1S/C25H30ClN9O2/c26-20-11-17(7-10-28-20)32-23(36)19-13-29-22-18(30-14-1-2-14)12-21(34-35(19)22)31-15-3-5-16(6-4-15)33-24(37)25(27)8-9-25/h7,10-16,30H,1-6,8-9,27H2,(H,31,34)(H,33,37)(H,28,32,36). The van der Waals surface area contributed by atoms with E-state index in [4.69, 9.17) is 22.4 Å². The number of carbonyl (C=O) groups excluding carboxylic acids is 2. The van der Waals surface area contributed by atoms with Gasteiger partial charge < -0.3 is 27.0 Å². The van der Waals surface area contributed by atoms with E-state index >= 15 is 0 Å². The quantitative estimate of drug-likeness (QED) is 0.283. The molecule has 11 nitrogen and oxygen atoms in total. The maximum absolute atomic E-state index is 13.1. The van der Waals surface area contributed by atoms with Gasteiger partial charge in [0.2, 0.25) is 5.91 Å². The van der Waals surface area contributed by atoms with Crippen LogP contribution in [0, 0.1) is 0 Å². The summed E-state index contributed by atoms with van der Waals surface area (Å²) in [6.07, 6.45) is 10.4. The minimum Gasteiger partial charge on any atom is -0.379 e. The van der Waals surface area contributed by atoms with Gasteiger partial charge in [0.05, 0.1) is 17.4 Å². The number of hydrogen-bond acceptors (Lipinski definition) is 8. The highest BCUT2D eigenvalue weighted by Crippen LogP contribution is 2.33. The molecule has 3 aromatic heterocycles. The molecule has 0 unspecified atom stereocenters. The topological polar surface area (TPSA) is 151 Å². The molecular formula is C25H30ClN9O2. The Balaban J connectivity index is 1.18. The van der Waals surface area contributed by atoms with Gasteiger partial charge in [0, 0.05) is 36.1 Å². The van der Waals surface area contributed by atoms with Gasteiger partial charge >= 0.3 is 0 Å². The minimum atomic E-state index is -0.641. The number of imidazole rings is 1. The summed E-state index contributed by atoms with van der Waals surface area (Å²) in [5, 5.41) is 18.0. The Labute approximate surface area is 218 Å². The number of anilines is 3. The molecule has 2 amide bonds. The van der Waals surface area contributed by atoms with Crippen molar-refractivity contribution in [3.63, 3.8) is 0 Å². The molecule has 0 spiro atoms. The molecule has 3 saturated carbocycles. The van der Waals surface area contributed by atoms with Crippen molar-refractivity contribution >= 4 is 46.3 Å². The monoisotopic (exact) mass is 523 g/mol. The molecule has 0 atom stereocenters. The molecule has 3 aromatic rings. The maximum atomic E-state index is 13.1. The zero-order valence-corrected chi connectivity index (χ0v) is 21.1. The zero-order valence-electron chi connectivity index (χ0n) is 20.3. The lowest BCUT2D eigenvalue weighted by Gasteiger charge is -2.30. The Kier molecular flexibility index (Phi) is 6.12. The summed E-state index contributed by atoms with van der Waals surface area (Å²) in [5.74, 6) is 0.300. The number of nitrogens with two attached hydrogens (primary N) is 1. The van der Waals surface area contributed by atoms with Crippen LogP contribution in [0.15, 0.2) is 30.6 Å². The van der Waals surface area contributed by atoms with Crippen LogP contribution in [0.25, 0.3) is 5.65 Å². The smallest absolute Gasteiger partial charge is 0.276 e. The van der Waals surface area contributed by atoms with Crippen LogP contribution >= 0.6 is 11.6 Å². The third-order valence-corrected chi connectivity index (χ3v) is 7.48. The first-order valence-corrected chi connectivity index (χ1v) is 13.2. The number of nitrogens with one attached hydrogen (secondary N) is 4. The highest BCUT2D eigenvalue weighted by Gasteiger charge is 2.46. The number of hydrogen-bond donors (Lipinski definition) is 5. The summed E-state index contributed by atoms with van der Waals surface area (Å²) in [6.45, 7) is 0. The highest BCUT2D eigenvalue weighted by atomic mass is 35.5. The van der Waals surface area contributed by atoms with Crippen molar-refractivity contribution in [1.82, 2.24) is 24.9 Å². The minimum absolute atomic E-state index is 0.0215. The third-order valence-electron chi connectivity index (χ3n) is 7.28. The van der Waals surface area contributed by atoms with Gasteiger partial charge in [-0.2, -0.15) is 0 Å². The van der Waals surface area contributed by atoms with Crippen LogP contribution in [0.4, 0.5) is 17.2 Å². The summed E-state index contributed by atoms with van der Waals surface area (Å²) in [5.41, 5.74) is 7.67. The molecule has 3 heterocycles. The summed E-state index contributed by atoms with van der Waals surface area (Å²) >= 11 is 5.96. The Morgan fingerprint density at radius 1 is 1.00 bits per heavy atom. The van der Waals surface area contributed by atoms with Crippen LogP contribution in [-0.4, -0.2) is 55.1 Å². The molecule has 0 saturated heterocycles. The first-order chi connectivity index (χ1) is 17.9. The molecule has 3 aliphatic carbocycles. The molecule has 194 valence electrons. The van der Waals surface area contributed by atoms with Gasteiger partial charge in [-0.15, -0.1) is 5.10 Å². The van der Waals surface area contributed by atoms with Crippen molar-refractivity contribution in [2.45, 2.75) is 75.0 Å². The van der Waals surface area contributed by atoms with Gasteiger partial charge in [-0.25, -0.2) is 14.5 Å². The van der Waals surface area contributed by atoms with E-state index in [-0.39, 0.29) is 23.9 Å². The van der Waals surface area contributed by atoms with Crippen molar-refractivity contribution in [2.75, 3.05) is 16.0 Å². The number of nitrogens with zero attached hydrogens (tertiary/aromatic N) is 4. The number of aromatic nitrogens is 4. The molecule has 0 aliphatic heterocycles. The number of amides is 2. The number of fused-ring (bicyclic) bond motifs is 1. The van der Waals surface area contributed by atoms with Crippen LogP contribution in [0.3, 0.4) is 0 Å². The first kappa shape index (κ1) is 23.9. The van der Waals surface area contributed by atoms with Crippen molar-refractivity contribution in [2.24, 2.45) is 5.73 Å². The lowest BCUT2D eigenvalue weighted by Crippen LogP contribution is -2.48. The number of rotatable bonds is 8. The molecule has 37 heavy (non-hydrogen) atoms. The predicted molar refractivity (Wildman–Crippen MR) is 141 cm³/mol. The molecule has 3 aliphatic rings. The van der Waals surface area contributed by atoms with Gasteiger partial charge in [-0.05, 0) is 63.5 Å². The fourth-order valence-corrected chi connectivity index (χ4v) is 4.88.